The smallest absolute Gasteiger partial charge is 0.257 e. The number of nitrogens with one attached hydrogen (secondary N) is 2. The van der Waals surface area contributed by atoms with Crippen molar-refractivity contribution >= 4 is 46.2 Å². The van der Waals surface area contributed by atoms with E-state index in [2.05, 4.69) is 15.6 Å². The number of anilines is 3. The molecule has 0 unspecified atom stereocenters. The van der Waals surface area contributed by atoms with Crippen molar-refractivity contribution in [2.45, 2.75) is 0 Å². The van der Waals surface area contributed by atoms with Gasteiger partial charge < -0.3 is 10.6 Å². The third-order valence-electron chi connectivity index (χ3n) is 3.41. The number of amides is 1. The first-order valence-electron chi connectivity index (χ1n) is 7.36. The lowest BCUT2D eigenvalue weighted by Gasteiger charge is -2.11. The standard InChI is InChI=1S/C18H11Cl2F2N3O/c19-13-2-1-3-14(20)17(13)24-12-6-10(8-23-9-12)18(26)25-16-5-4-11(21)7-15(16)22/h1-9,24H,(H,25,26). The molecule has 0 radical (unpaired) electrons. The minimum absolute atomic E-state index is 0.135. The number of aromatic nitrogens is 1. The molecule has 0 aliphatic heterocycles. The Balaban J connectivity index is 1.81. The number of carbonyl (C=O) groups excluding carboxylic acids is 1. The molecule has 1 aromatic heterocycles. The highest BCUT2D eigenvalue weighted by atomic mass is 35.5. The molecule has 3 aromatic rings. The number of carbonyl (C=O) groups is 1. The van der Waals surface area contributed by atoms with Gasteiger partial charge in [0.25, 0.3) is 5.91 Å². The van der Waals surface area contributed by atoms with Gasteiger partial charge in [0.15, 0.2) is 0 Å². The zero-order chi connectivity index (χ0) is 18.7. The molecular formula is C18H11Cl2F2N3O. The highest BCUT2D eigenvalue weighted by Gasteiger charge is 2.12. The Morgan fingerprint density at radius 1 is 1.00 bits per heavy atom. The van der Waals surface area contributed by atoms with Crippen molar-refractivity contribution in [2.75, 3.05) is 10.6 Å². The fourth-order valence-electron chi connectivity index (χ4n) is 2.18. The molecule has 132 valence electrons. The molecule has 4 nitrogen and oxygen atoms in total. The summed E-state index contributed by atoms with van der Waals surface area (Å²) in [5.74, 6) is -2.20. The van der Waals surface area contributed by atoms with Gasteiger partial charge in [-0.2, -0.15) is 0 Å². The van der Waals surface area contributed by atoms with Crippen molar-refractivity contribution in [1.29, 1.82) is 0 Å². The molecule has 0 fully saturated rings. The molecule has 2 aromatic carbocycles. The summed E-state index contributed by atoms with van der Waals surface area (Å²) in [5, 5.41) is 6.16. The van der Waals surface area contributed by atoms with Crippen LogP contribution in [-0.2, 0) is 0 Å². The van der Waals surface area contributed by atoms with Crippen LogP contribution in [0.4, 0.5) is 25.8 Å². The second-order valence-electron chi connectivity index (χ2n) is 5.26. The minimum Gasteiger partial charge on any atom is -0.352 e. The van der Waals surface area contributed by atoms with E-state index in [9.17, 15) is 13.6 Å². The van der Waals surface area contributed by atoms with E-state index in [-0.39, 0.29) is 11.3 Å². The lowest BCUT2D eigenvalue weighted by atomic mass is 10.2. The second kappa shape index (κ2) is 7.68. The third kappa shape index (κ3) is 4.09. The van der Waals surface area contributed by atoms with Crippen LogP contribution in [0.1, 0.15) is 10.4 Å². The average molecular weight is 394 g/mol. The van der Waals surface area contributed by atoms with Crippen LogP contribution < -0.4 is 10.6 Å². The number of hydrogen-bond acceptors (Lipinski definition) is 3. The SMILES string of the molecule is O=C(Nc1ccc(F)cc1F)c1cncc(Nc2c(Cl)cccc2Cl)c1. The largest absolute Gasteiger partial charge is 0.352 e. The summed E-state index contributed by atoms with van der Waals surface area (Å²) in [7, 11) is 0. The van der Waals surface area contributed by atoms with Crippen LogP contribution >= 0.6 is 23.2 Å². The molecule has 0 aliphatic carbocycles. The molecule has 0 spiro atoms. The molecule has 0 saturated heterocycles. The number of halogens is 4. The number of benzene rings is 2. The molecule has 1 amide bonds. The van der Waals surface area contributed by atoms with Crippen LogP contribution in [0.15, 0.2) is 54.9 Å². The molecule has 0 bridgehead atoms. The molecule has 0 atom stereocenters. The van der Waals surface area contributed by atoms with Crippen molar-refractivity contribution < 1.29 is 13.6 Å². The third-order valence-corrected chi connectivity index (χ3v) is 4.04. The van der Waals surface area contributed by atoms with E-state index in [0.717, 1.165) is 12.1 Å². The van der Waals surface area contributed by atoms with Gasteiger partial charge in [-0.25, -0.2) is 8.78 Å². The van der Waals surface area contributed by atoms with Crippen molar-refractivity contribution in [3.63, 3.8) is 0 Å². The Hall–Kier alpha value is -2.70. The van der Waals surface area contributed by atoms with Gasteiger partial charge in [-0.15, -0.1) is 0 Å². The van der Waals surface area contributed by atoms with Gasteiger partial charge >= 0.3 is 0 Å². The van der Waals surface area contributed by atoms with E-state index in [4.69, 9.17) is 23.2 Å². The maximum Gasteiger partial charge on any atom is 0.257 e. The summed E-state index contributed by atoms with van der Waals surface area (Å²) in [5.41, 5.74) is 0.970. The van der Waals surface area contributed by atoms with Gasteiger partial charge in [0.2, 0.25) is 0 Å². The molecular weight excluding hydrogens is 383 g/mol. The molecule has 0 saturated carbocycles. The lowest BCUT2D eigenvalue weighted by Crippen LogP contribution is -2.13. The van der Waals surface area contributed by atoms with Crippen LogP contribution in [0.2, 0.25) is 10.0 Å². The predicted octanol–water partition coefficient (Wildman–Crippen LogP) is 5.66. The van der Waals surface area contributed by atoms with Crippen molar-refractivity contribution in [2.24, 2.45) is 0 Å². The predicted molar refractivity (Wildman–Crippen MR) is 98.3 cm³/mol. The molecule has 8 heteroatoms. The van der Waals surface area contributed by atoms with Crippen molar-refractivity contribution in [3.8, 4) is 0 Å². The van der Waals surface area contributed by atoms with Gasteiger partial charge in [0, 0.05) is 12.3 Å². The number of hydrogen-bond donors (Lipinski definition) is 2. The van der Waals surface area contributed by atoms with Crippen molar-refractivity contribution in [1.82, 2.24) is 4.98 Å². The fraction of sp³-hybridized carbons (Fsp3) is 0. The molecule has 26 heavy (non-hydrogen) atoms. The molecule has 2 N–H and O–H groups in total. The quantitative estimate of drug-likeness (QED) is 0.600. The Labute approximate surface area is 157 Å². The van der Waals surface area contributed by atoms with E-state index < -0.39 is 17.5 Å². The van der Waals surface area contributed by atoms with E-state index >= 15 is 0 Å². The Kier molecular flexibility index (Phi) is 5.35. The van der Waals surface area contributed by atoms with E-state index in [0.29, 0.717) is 27.5 Å². The van der Waals surface area contributed by atoms with Crippen LogP contribution in [0, 0.1) is 11.6 Å². The topological polar surface area (TPSA) is 54.0 Å². The first kappa shape index (κ1) is 18.1. The Morgan fingerprint density at radius 2 is 1.73 bits per heavy atom. The first-order valence-corrected chi connectivity index (χ1v) is 8.12. The van der Waals surface area contributed by atoms with Gasteiger partial charge in [0.1, 0.15) is 11.6 Å². The van der Waals surface area contributed by atoms with Crippen molar-refractivity contribution in [3.05, 3.63) is 82.1 Å². The van der Waals surface area contributed by atoms with E-state index in [1.54, 1.807) is 18.2 Å². The van der Waals surface area contributed by atoms with E-state index in [1.165, 1.54) is 18.5 Å². The van der Waals surface area contributed by atoms with Crippen LogP contribution in [0.5, 0.6) is 0 Å². The normalized spacial score (nSPS) is 10.5. The maximum absolute atomic E-state index is 13.7. The number of para-hydroxylation sites is 1. The molecule has 3 rings (SSSR count). The average Bonchev–Trinajstić information content (AvgIpc) is 2.61. The number of rotatable bonds is 4. The van der Waals surface area contributed by atoms with Gasteiger partial charge in [-0.3, -0.25) is 9.78 Å². The Bertz CT molecular complexity index is 962. The summed E-state index contributed by atoms with van der Waals surface area (Å²) < 4.78 is 26.6. The highest BCUT2D eigenvalue weighted by Crippen LogP contribution is 2.32. The highest BCUT2D eigenvalue weighted by molar-refractivity contribution is 6.39. The zero-order valence-electron chi connectivity index (χ0n) is 13.1. The van der Waals surface area contributed by atoms with Gasteiger partial charge in [0.05, 0.1) is 38.9 Å². The number of pyridine rings is 1. The molecule has 0 aliphatic rings. The lowest BCUT2D eigenvalue weighted by molar-refractivity contribution is 0.102. The second-order valence-corrected chi connectivity index (χ2v) is 6.08. The van der Waals surface area contributed by atoms with Gasteiger partial charge in [-0.05, 0) is 30.3 Å². The van der Waals surface area contributed by atoms with Crippen LogP contribution in [-0.4, -0.2) is 10.9 Å². The Morgan fingerprint density at radius 3 is 2.42 bits per heavy atom. The summed E-state index contributed by atoms with van der Waals surface area (Å²) in [6.07, 6.45) is 2.80. The van der Waals surface area contributed by atoms with E-state index in [1.807, 2.05) is 0 Å². The summed E-state index contributed by atoms with van der Waals surface area (Å²) in [6, 6.07) is 9.41. The monoisotopic (exact) mass is 393 g/mol. The minimum atomic E-state index is -0.872. The van der Waals surface area contributed by atoms with Crippen LogP contribution in [0.3, 0.4) is 0 Å². The van der Waals surface area contributed by atoms with Crippen LogP contribution in [0.25, 0.3) is 0 Å². The zero-order valence-corrected chi connectivity index (χ0v) is 14.6. The summed E-state index contributed by atoms with van der Waals surface area (Å²) in [4.78, 5) is 16.3. The van der Waals surface area contributed by atoms with Gasteiger partial charge in [-0.1, -0.05) is 29.3 Å². The fourth-order valence-corrected chi connectivity index (χ4v) is 2.67. The summed E-state index contributed by atoms with van der Waals surface area (Å²) >= 11 is 12.2. The first-order chi connectivity index (χ1) is 12.4. The molecule has 1 heterocycles. The number of nitrogens with zero attached hydrogens (tertiary/aromatic N) is 1. The summed E-state index contributed by atoms with van der Waals surface area (Å²) in [6.45, 7) is 0. The maximum atomic E-state index is 13.7.